The number of amides is 1. The average Bonchev–Trinajstić information content (AvgIpc) is 3.79. The Kier molecular flexibility index (Phi) is 9.94. The third kappa shape index (κ3) is 7.76. The Morgan fingerprint density at radius 1 is 0.593 bits per heavy atom. The summed E-state index contributed by atoms with van der Waals surface area (Å²) >= 11 is 12.4. The summed E-state index contributed by atoms with van der Waals surface area (Å²) in [5, 5.41) is 15.7. The number of carbonyl (C=O) groups is 2. The molecule has 266 valence electrons. The monoisotopic (exact) mass is 749 g/mol. The van der Waals surface area contributed by atoms with Crippen LogP contribution < -0.4 is 5.32 Å². The van der Waals surface area contributed by atoms with Crippen molar-refractivity contribution in [2.75, 3.05) is 13.2 Å². The van der Waals surface area contributed by atoms with Gasteiger partial charge in [-0.05, 0) is 94.0 Å². The number of hydrogen-bond acceptors (Lipinski definition) is 5. The molecule has 0 unspecified atom stereocenters. The lowest BCUT2D eigenvalue weighted by Gasteiger charge is -2.10. The smallest absolute Gasteiger partial charge is 0.338 e. The van der Waals surface area contributed by atoms with E-state index in [9.17, 15) is 9.59 Å². The van der Waals surface area contributed by atoms with Crippen LogP contribution in [0.3, 0.4) is 0 Å². The largest absolute Gasteiger partial charge is 0.460 e. The van der Waals surface area contributed by atoms with Crippen molar-refractivity contribution in [3.63, 3.8) is 0 Å². The topological polar surface area (TPSA) is 91.0 Å². The Balaban J connectivity index is 0.896. The van der Waals surface area contributed by atoms with Crippen molar-refractivity contribution in [3.05, 3.63) is 178 Å². The van der Waals surface area contributed by atoms with Gasteiger partial charge in [0.25, 0.3) is 5.91 Å². The van der Waals surface area contributed by atoms with Gasteiger partial charge in [0.05, 0.1) is 36.2 Å². The SMILES string of the molecule is O=C(NCCOC(=O)c1cccc(-c2cccc3nn(Cc4cccc(Cl)c4)cc23)c1)c1cccc(-c2cccc3nn(Cc4cccc(Cl)c4)cc23)c1. The van der Waals surface area contributed by atoms with Crippen LogP contribution in [0, 0.1) is 0 Å². The van der Waals surface area contributed by atoms with Gasteiger partial charge in [-0.2, -0.15) is 10.2 Å². The van der Waals surface area contributed by atoms with E-state index < -0.39 is 5.97 Å². The quantitative estimate of drug-likeness (QED) is 0.105. The van der Waals surface area contributed by atoms with Crippen molar-refractivity contribution in [3.8, 4) is 22.3 Å². The van der Waals surface area contributed by atoms with Crippen LogP contribution in [-0.4, -0.2) is 44.6 Å². The van der Waals surface area contributed by atoms with E-state index in [-0.39, 0.29) is 19.1 Å². The number of fused-ring (bicyclic) bond motifs is 2. The summed E-state index contributed by atoms with van der Waals surface area (Å²) in [5.74, 6) is -0.733. The lowest BCUT2D eigenvalue weighted by atomic mass is 10.00. The minimum Gasteiger partial charge on any atom is -0.460 e. The fraction of sp³-hybridized carbons (Fsp3) is 0.0909. The highest BCUT2D eigenvalue weighted by atomic mass is 35.5. The minimum absolute atomic E-state index is 0.0193. The van der Waals surface area contributed by atoms with Gasteiger partial charge in [0.1, 0.15) is 6.61 Å². The van der Waals surface area contributed by atoms with Crippen molar-refractivity contribution in [1.29, 1.82) is 0 Å². The molecule has 8 nitrogen and oxygen atoms in total. The number of carbonyl (C=O) groups excluding carboxylic acids is 2. The van der Waals surface area contributed by atoms with Gasteiger partial charge in [0.2, 0.25) is 0 Å². The number of halogens is 2. The van der Waals surface area contributed by atoms with Crippen LogP contribution in [0.4, 0.5) is 0 Å². The molecule has 0 saturated heterocycles. The van der Waals surface area contributed by atoms with Gasteiger partial charge in [0, 0.05) is 38.8 Å². The van der Waals surface area contributed by atoms with Crippen LogP contribution in [0.25, 0.3) is 44.1 Å². The van der Waals surface area contributed by atoms with Crippen molar-refractivity contribution >= 4 is 56.9 Å². The van der Waals surface area contributed by atoms with E-state index in [4.69, 9.17) is 38.1 Å². The first kappa shape index (κ1) is 34.8. The Morgan fingerprint density at radius 3 is 1.65 bits per heavy atom. The van der Waals surface area contributed by atoms with E-state index in [0.29, 0.717) is 34.3 Å². The molecule has 8 rings (SSSR count). The Hall–Kier alpha value is -6.22. The molecule has 10 heteroatoms. The maximum absolute atomic E-state index is 13.2. The van der Waals surface area contributed by atoms with Gasteiger partial charge in [-0.1, -0.05) is 96.0 Å². The zero-order valence-corrected chi connectivity index (χ0v) is 30.5. The Morgan fingerprint density at radius 2 is 1.09 bits per heavy atom. The van der Waals surface area contributed by atoms with Gasteiger partial charge < -0.3 is 10.1 Å². The van der Waals surface area contributed by atoms with Crippen LogP contribution in [0.2, 0.25) is 10.0 Å². The molecule has 0 aliphatic heterocycles. The fourth-order valence-corrected chi connectivity index (χ4v) is 7.06. The molecule has 0 bridgehead atoms. The van der Waals surface area contributed by atoms with Crippen LogP contribution >= 0.6 is 23.2 Å². The van der Waals surface area contributed by atoms with Crippen molar-refractivity contribution in [1.82, 2.24) is 24.9 Å². The maximum Gasteiger partial charge on any atom is 0.338 e. The summed E-state index contributed by atoms with van der Waals surface area (Å²) in [6, 6.07) is 42.1. The van der Waals surface area contributed by atoms with Gasteiger partial charge in [0.15, 0.2) is 0 Å². The number of benzene rings is 6. The summed E-state index contributed by atoms with van der Waals surface area (Å²) in [6.45, 7) is 1.34. The summed E-state index contributed by atoms with van der Waals surface area (Å²) in [7, 11) is 0. The second-order valence-corrected chi connectivity index (χ2v) is 13.8. The van der Waals surface area contributed by atoms with E-state index in [1.54, 1.807) is 12.1 Å². The highest BCUT2D eigenvalue weighted by Gasteiger charge is 2.14. The second kappa shape index (κ2) is 15.4. The second-order valence-electron chi connectivity index (χ2n) is 12.9. The summed E-state index contributed by atoms with van der Waals surface area (Å²) in [6.07, 6.45) is 4.02. The third-order valence-electron chi connectivity index (χ3n) is 9.13. The normalized spacial score (nSPS) is 11.2. The molecule has 1 N–H and O–H groups in total. The highest BCUT2D eigenvalue weighted by molar-refractivity contribution is 6.30. The summed E-state index contributed by atoms with van der Waals surface area (Å²) < 4.78 is 9.36. The lowest BCUT2D eigenvalue weighted by Crippen LogP contribution is -2.28. The van der Waals surface area contributed by atoms with Crippen molar-refractivity contribution < 1.29 is 14.3 Å². The molecular weight excluding hydrogens is 717 g/mol. The summed E-state index contributed by atoms with van der Waals surface area (Å²) in [4.78, 5) is 26.3. The Labute approximate surface area is 321 Å². The molecule has 0 aliphatic carbocycles. The lowest BCUT2D eigenvalue weighted by molar-refractivity contribution is 0.0503. The Bertz CT molecular complexity index is 2480. The number of aromatic nitrogens is 4. The number of nitrogens with one attached hydrogen (secondary N) is 1. The third-order valence-corrected chi connectivity index (χ3v) is 9.60. The van der Waals surface area contributed by atoms with E-state index in [0.717, 1.165) is 55.2 Å². The number of ether oxygens (including phenoxy) is 1. The number of hydrogen-bond donors (Lipinski definition) is 1. The van der Waals surface area contributed by atoms with E-state index in [1.165, 1.54) is 0 Å². The molecule has 2 aromatic heterocycles. The number of nitrogens with zero attached hydrogens (tertiary/aromatic N) is 4. The van der Waals surface area contributed by atoms with E-state index in [2.05, 4.69) is 5.32 Å². The molecule has 8 aromatic rings. The van der Waals surface area contributed by atoms with Crippen LogP contribution in [0.1, 0.15) is 31.8 Å². The predicted octanol–water partition coefficient (Wildman–Crippen LogP) is 9.71. The van der Waals surface area contributed by atoms with Gasteiger partial charge in [-0.3, -0.25) is 14.2 Å². The maximum atomic E-state index is 13.2. The molecule has 6 aromatic carbocycles. The first-order valence-corrected chi connectivity index (χ1v) is 18.2. The zero-order valence-electron chi connectivity index (χ0n) is 29.0. The van der Waals surface area contributed by atoms with Gasteiger partial charge in [-0.25, -0.2) is 4.79 Å². The zero-order chi connectivity index (χ0) is 37.0. The molecule has 0 spiro atoms. The highest BCUT2D eigenvalue weighted by Crippen LogP contribution is 2.31. The van der Waals surface area contributed by atoms with Crippen molar-refractivity contribution in [2.45, 2.75) is 13.1 Å². The molecule has 0 atom stereocenters. The number of rotatable bonds is 11. The molecular formula is C44H33Cl2N5O3. The molecule has 0 aliphatic rings. The molecule has 2 heterocycles. The molecule has 0 saturated carbocycles. The van der Waals surface area contributed by atoms with Crippen LogP contribution in [0.5, 0.6) is 0 Å². The number of esters is 1. The van der Waals surface area contributed by atoms with Gasteiger partial charge >= 0.3 is 5.97 Å². The predicted molar refractivity (Wildman–Crippen MR) is 214 cm³/mol. The molecule has 0 fully saturated rings. The van der Waals surface area contributed by atoms with Crippen LogP contribution in [0.15, 0.2) is 146 Å². The van der Waals surface area contributed by atoms with Crippen molar-refractivity contribution in [2.24, 2.45) is 0 Å². The summed E-state index contributed by atoms with van der Waals surface area (Å²) in [5.41, 5.74) is 8.42. The van der Waals surface area contributed by atoms with Gasteiger partial charge in [-0.15, -0.1) is 0 Å². The van der Waals surface area contributed by atoms with E-state index in [1.807, 2.05) is 143 Å². The average molecular weight is 751 g/mol. The minimum atomic E-state index is -0.471. The molecule has 1 amide bonds. The molecule has 0 radical (unpaired) electrons. The standard InChI is InChI=1S/C44H33Cl2N5O3/c45-35-13-1-7-29(21-35)25-50-27-39-37(15-5-17-41(39)48-50)31-9-3-11-33(23-31)43(52)47-19-20-54-44(53)34-12-4-10-32(24-34)38-16-6-18-42-40(38)28-51(49-42)26-30-8-2-14-36(46)22-30/h1-18,21-24,27-28H,19-20,25-26H2,(H,47,52). The fourth-order valence-electron chi connectivity index (χ4n) is 6.63. The molecule has 54 heavy (non-hydrogen) atoms. The first-order valence-electron chi connectivity index (χ1n) is 17.4. The first-order chi connectivity index (χ1) is 26.4. The van der Waals surface area contributed by atoms with Crippen LogP contribution in [-0.2, 0) is 17.8 Å². The van der Waals surface area contributed by atoms with E-state index >= 15 is 0 Å².